The van der Waals surface area contributed by atoms with Crippen molar-refractivity contribution in [3.63, 3.8) is 0 Å². The lowest BCUT2D eigenvalue weighted by molar-refractivity contribution is 0.374. The van der Waals surface area contributed by atoms with Crippen molar-refractivity contribution in [2.75, 3.05) is 18.0 Å². The van der Waals surface area contributed by atoms with Crippen LogP contribution in [0.5, 0.6) is 0 Å². The molecule has 1 N–H and O–H groups in total. The first kappa shape index (κ1) is 14.3. The Morgan fingerprint density at radius 2 is 2.26 bits per heavy atom. The van der Waals surface area contributed by atoms with Crippen molar-refractivity contribution in [1.82, 2.24) is 10.3 Å². The van der Waals surface area contributed by atoms with Crippen LogP contribution < -0.4 is 10.2 Å². The first-order chi connectivity index (χ1) is 9.13. The highest BCUT2D eigenvalue weighted by Gasteiger charge is 2.26. The minimum Gasteiger partial charge on any atom is -0.354 e. The fourth-order valence-electron chi connectivity index (χ4n) is 3.13. The van der Waals surface area contributed by atoms with Crippen LogP contribution in [0.25, 0.3) is 0 Å². The molecule has 1 saturated heterocycles. The van der Waals surface area contributed by atoms with Gasteiger partial charge in [0, 0.05) is 30.4 Å². The van der Waals surface area contributed by atoms with Crippen molar-refractivity contribution >= 4 is 5.82 Å². The molecule has 3 unspecified atom stereocenters. The molecule has 1 aromatic rings. The number of aromatic nitrogens is 1. The van der Waals surface area contributed by atoms with Crippen LogP contribution in [-0.2, 0) is 0 Å². The van der Waals surface area contributed by atoms with E-state index in [1.54, 1.807) is 0 Å². The molecule has 1 aliphatic rings. The van der Waals surface area contributed by atoms with Crippen LogP contribution in [0.1, 0.15) is 52.1 Å². The Morgan fingerprint density at radius 1 is 1.47 bits per heavy atom. The number of piperidine rings is 1. The monoisotopic (exact) mass is 261 g/mol. The van der Waals surface area contributed by atoms with Crippen molar-refractivity contribution < 1.29 is 0 Å². The van der Waals surface area contributed by atoms with Crippen LogP contribution in [0.2, 0.25) is 0 Å². The standard InChI is InChI=1S/C16H27N3/c1-5-17-14(4)15-7-6-9-18-16(15)19-10-8-12(2)11-13(19)3/h6-7,9,12-14,17H,5,8,10-11H2,1-4H3. The van der Waals surface area contributed by atoms with E-state index in [2.05, 4.69) is 49.0 Å². The fourth-order valence-corrected chi connectivity index (χ4v) is 3.13. The molecule has 0 spiro atoms. The summed E-state index contributed by atoms with van der Waals surface area (Å²) in [5.74, 6) is 2.01. The molecule has 3 atom stereocenters. The van der Waals surface area contributed by atoms with Crippen LogP contribution in [0.4, 0.5) is 5.82 Å². The average Bonchev–Trinajstić information content (AvgIpc) is 2.39. The number of hydrogen-bond donors (Lipinski definition) is 1. The van der Waals surface area contributed by atoms with E-state index in [9.17, 15) is 0 Å². The van der Waals surface area contributed by atoms with Crippen LogP contribution in [0.15, 0.2) is 18.3 Å². The number of hydrogen-bond acceptors (Lipinski definition) is 3. The molecule has 0 amide bonds. The Bertz CT molecular complexity index is 405. The van der Waals surface area contributed by atoms with Gasteiger partial charge in [0.2, 0.25) is 0 Å². The van der Waals surface area contributed by atoms with Gasteiger partial charge in [0.1, 0.15) is 5.82 Å². The van der Waals surface area contributed by atoms with Crippen molar-refractivity contribution in [2.24, 2.45) is 5.92 Å². The summed E-state index contributed by atoms with van der Waals surface area (Å²) in [5.41, 5.74) is 1.32. The summed E-state index contributed by atoms with van der Waals surface area (Å²) in [5, 5.41) is 3.50. The Hall–Kier alpha value is -1.09. The lowest BCUT2D eigenvalue weighted by Gasteiger charge is -2.39. The molecule has 0 aromatic carbocycles. The molecule has 2 rings (SSSR count). The van der Waals surface area contributed by atoms with Gasteiger partial charge in [0.15, 0.2) is 0 Å². The number of nitrogens with one attached hydrogen (secondary N) is 1. The molecule has 1 fully saturated rings. The Balaban J connectivity index is 2.24. The Kier molecular flexibility index (Phi) is 4.81. The van der Waals surface area contributed by atoms with Crippen molar-refractivity contribution in [2.45, 2.75) is 52.6 Å². The Labute approximate surface area is 117 Å². The van der Waals surface area contributed by atoms with Gasteiger partial charge in [-0.15, -0.1) is 0 Å². The predicted molar refractivity (Wildman–Crippen MR) is 81.5 cm³/mol. The molecular formula is C16H27N3. The lowest BCUT2D eigenvalue weighted by Crippen LogP contribution is -2.41. The van der Waals surface area contributed by atoms with Crippen LogP contribution >= 0.6 is 0 Å². The molecular weight excluding hydrogens is 234 g/mol. The zero-order valence-electron chi connectivity index (χ0n) is 12.7. The summed E-state index contributed by atoms with van der Waals surface area (Å²) in [6, 6.07) is 5.20. The lowest BCUT2D eigenvalue weighted by atomic mass is 9.93. The molecule has 1 aromatic heterocycles. The van der Waals surface area contributed by atoms with Gasteiger partial charge >= 0.3 is 0 Å². The number of nitrogens with zero attached hydrogens (tertiary/aromatic N) is 2. The second-order valence-corrected chi connectivity index (χ2v) is 5.87. The first-order valence-electron chi connectivity index (χ1n) is 7.58. The van der Waals surface area contributed by atoms with Crippen molar-refractivity contribution in [3.8, 4) is 0 Å². The van der Waals surface area contributed by atoms with Crippen molar-refractivity contribution in [1.29, 1.82) is 0 Å². The van der Waals surface area contributed by atoms with Gasteiger partial charge in [0.25, 0.3) is 0 Å². The molecule has 0 aliphatic carbocycles. The third-order valence-corrected chi connectivity index (χ3v) is 4.20. The number of rotatable bonds is 4. The average molecular weight is 261 g/mol. The van der Waals surface area contributed by atoms with Gasteiger partial charge in [-0.25, -0.2) is 4.98 Å². The first-order valence-corrected chi connectivity index (χ1v) is 7.58. The maximum absolute atomic E-state index is 4.67. The molecule has 106 valence electrons. The normalized spacial score (nSPS) is 25.4. The summed E-state index contributed by atoms with van der Waals surface area (Å²) >= 11 is 0. The molecule has 0 saturated carbocycles. The summed E-state index contributed by atoms with van der Waals surface area (Å²) in [6.45, 7) is 11.2. The smallest absolute Gasteiger partial charge is 0.133 e. The van der Waals surface area contributed by atoms with Crippen molar-refractivity contribution in [3.05, 3.63) is 23.9 Å². The predicted octanol–water partition coefficient (Wildman–Crippen LogP) is 3.38. The summed E-state index contributed by atoms with van der Waals surface area (Å²) < 4.78 is 0. The van der Waals surface area contributed by atoms with Gasteiger partial charge in [-0.1, -0.05) is 19.9 Å². The Morgan fingerprint density at radius 3 is 2.95 bits per heavy atom. The van der Waals surface area contributed by atoms with E-state index < -0.39 is 0 Å². The van der Waals surface area contributed by atoms with E-state index in [1.807, 2.05) is 12.3 Å². The fraction of sp³-hybridized carbons (Fsp3) is 0.688. The molecule has 1 aliphatic heterocycles. The molecule has 0 bridgehead atoms. The van der Waals surface area contributed by atoms with Gasteiger partial charge in [0.05, 0.1) is 0 Å². The van der Waals surface area contributed by atoms with E-state index in [1.165, 1.54) is 24.2 Å². The van der Waals surface area contributed by atoms with Gasteiger partial charge in [-0.2, -0.15) is 0 Å². The van der Waals surface area contributed by atoms with Gasteiger partial charge < -0.3 is 10.2 Å². The summed E-state index contributed by atoms with van der Waals surface area (Å²) in [7, 11) is 0. The van der Waals surface area contributed by atoms with Gasteiger partial charge in [-0.05, 0) is 45.2 Å². The topological polar surface area (TPSA) is 28.2 Å². The zero-order chi connectivity index (χ0) is 13.8. The van der Waals surface area contributed by atoms with E-state index >= 15 is 0 Å². The van der Waals surface area contributed by atoms with Crippen LogP contribution in [0.3, 0.4) is 0 Å². The third kappa shape index (κ3) is 3.27. The van der Waals surface area contributed by atoms with Gasteiger partial charge in [-0.3, -0.25) is 0 Å². The molecule has 3 nitrogen and oxygen atoms in total. The van der Waals surface area contributed by atoms with E-state index in [0.717, 1.165) is 19.0 Å². The number of pyridine rings is 1. The maximum Gasteiger partial charge on any atom is 0.133 e. The summed E-state index contributed by atoms with van der Waals surface area (Å²) in [4.78, 5) is 7.16. The second kappa shape index (κ2) is 6.38. The maximum atomic E-state index is 4.67. The quantitative estimate of drug-likeness (QED) is 0.900. The molecule has 0 radical (unpaired) electrons. The minimum absolute atomic E-state index is 0.361. The molecule has 3 heteroatoms. The SMILES string of the molecule is CCNC(C)c1cccnc1N1CCC(C)CC1C. The van der Waals surface area contributed by atoms with E-state index in [0.29, 0.717) is 12.1 Å². The highest BCUT2D eigenvalue weighted by molar-refractivity contribution is 5.49. The third-order valence-electron chi connectivity index (χ3n) is 4.20. The van der Waals surface area contributed by atoms with Crippen LogP contribution in [0, 0.1) is 5.92 Å². The highest BCUT2D eigenvalue weighted by atomic mass is 15.2. The number of anilines is 1. The second-order valence-electron chi connectivity index (χ2n) is 5.87. The van der Waals surface area contributed by atoms with E-state index in [-0.39, 0.29) is 0 Å². The highest BCUT2D eigenvalue weighted by Crippen LogP contribution is 2.31. The zero-order valence-corrected chi connectivity index (χ0v) is 12.7. The minimum atomic E-state index is 0.361. The van der Waals surface area contributed by atoms with Crippen LogP contribution in [-0.4, -0.2) is 24.1 Å². The molecule has 2 heterocycles. The summed E-state index contributed by atoms with van der Waals surface area (Å²) in [6.07, 6.45) is 4.46. The van der Waals surface area contributed by atoms with E-state index in [4.69, 9.17) is 0 Å². The largest absolute Gasteiger partial charge is 0.354 e. The molecule has 19 heavy (non-hydrogen) atoms.